The molecule has 0 spiro atoms. The summed E-state index contributed by atoms with van der Waals surface area (Å²) in [5, 5.41) is 1.36. The fraction of sp³-hybridized carbons (Fsp3) is 0.0909. The molecule has 0 amide bonds. The minimum absolute atomic E-state index is 0.207. The monoisotopic (exact) mass is 514 g/mol. The highest BCUT2D eigenvalue weighted by atomic mass is 19.4. The topological polar surface area (TPSA) is 0 Å². The zero-order valence-electron chi connectivity index (χ0n) is 20.3. The van der Waals surface area contributed by atoms with E-state index in [4.69, 9.17) is 0 Å². The second-order valence-electron chi connectivity index (χ2n) is 9.12. The number of allylic oxidation sites excluding steroid dienone is 1. The summed E-state index contributed by atoms with van der Waals surface area (Å²) >= 11 is 0. The normalized spacial score (nSPS) is 11.6. The maximum atomic E-state index is 15.5. The Hall–Kier alpha value is -4.25. The van der Waals surface area contributed by atoms with Gasteiger partial charge in [-0.3, -0.25) is 0 Å². The molecule has 0 bridgehead atoms. The molecule has 0 aliphatic carbocycles. The molecule has 0 fully saturated rings. The van der Waals surface area contributed by atoms with Gasteiger partial charge in [-0.15, -0.1) is 6.58 Å². The lowest BCUT2D eigenvalue weighted by Crippen LogP contribution is -2.04. The SMILES string of the molecule is C=CCCc1ccc2c(F)c(-c3ccc(-c4cccc(F)c4-c4ccc(C(F)(F)F)cc4)cc3)ccc2c1. The molecule has 0 aromatic heterocycles. The molecule has 0 nitrogen and oxygen atoms in total. The third kappa shape index (κ3) is 4.97. The second kappa shape index (κ2) is 10.3. The molecule has 0 N–H and O–H groups in total. The Kier molecular flexibility index (Phi) is 6.85. The number of aryl methyl sites for hydroxylation is 1. The third-order valence-corrected chi connectivity index (χ3v) is 6.68. The molecule has 0 aliphatic heterocycles. The average molecular weight is 515 g/mol. The van der Waals surface area contributed by atoms with Gasteiger partial charge in [0.15, 0.2) is 0 Å². The Morgan fingerprint density at radius 1 is 0.684 bits per heavy atom. The second-order valence-corrected chi connectivity index (χ2v) is 9.12. The molecular weight excluding hydrogens is 491 g/mol. The van der Waals surface area contributed by atoms with Crippen LogP contribution in [0.2, 0.25) is 0 Å². The van der Waals surface area contributed by atoms with Gasteiger partial charge in [-0.2, -0.15) is 13.2 Å². The fourth-order valence-electron chi connectivity index (χ4n) is 4.70. The Labute approximate surface area is 217 Å². The zero-order valence-corrected chi connectivity index (χ0v) is 20.3. The maximum absolute atomic E-state index is 15.5. The molecule has 5 heteroatoms. The van der Waals surface area contributed by atoms with E-state index in [-0.39, 0.29) is 11.4 Å². The van der Waals surface area contributed by atoms with Crippen LogP contribution < -0.4 is 0 Å². The van der Waals surface area contributed by atoms with E-state index in [1.54, 1.807) is 48.5 Å². The third-order valence-electron chi connectivity index (χ3n) is 6.68. The molecule has 38 heavy (non-hydrogen) atoms. The summed E-state index contributed by atoms with van der Waals surface area (Å²) in [6, 6.07) is 25.4. The van der Waals surface area contributed by atoms with Gasteiger partial charge < -0.3 is 0 Å². The van der Waals surface area contributed by atoms with Crippen molar-refractivity contribution in [3.63, 3.8) is 0 Å². The van der Waals surface area contributed by atoms with E-state index in [9.17, 15) is 17.6 Å². The van der Waals surface area contributed by atoms with Gasteiger partial charge in [-0.1, -0.05) is 84.9 Å². The van der Waals surface area contributed by atoms with Gasteiger partial charge in [0.25, 0.3) is 0 Å². The molecule has 0 aliphatic rings. The van der Waals surface area contributed by atoms with Crippen molar-refractivity contribution in [3.8, 4) is 33.4 Å². The molecule has 5 aromatic carbocycles. The first-order valence-corrected chi connectivity index (χ1v) is 12.2. The van der Waals surface area contributed by atoms with Crippen LogP contribution in [0.15, 0.2) is 110 Å². The summed E-state index contributed by atoms with van der Waals surface area (Å²) < 4.78 is 69.4. The summed E-state index contributed by atoms with van der Waals surface area (Å²) in [5.41, 5.74) is 3.17. The molecule has 0 radical (unpaired) electrons. The minimum Gasteiger partial charge on any atom is -0.206 e. The van der Waals surface area contributed by atoms with Gasteiger partial charge in [0.2, 0.25) is 0 Å². The average Bonchev–Trinajstić information content (AvgIpc) is 2.92. The molecule has 0 heterocycles. The fourth-order valence-corrected chi connectivity index (χ4v) is 4.70. The van der Waals surface area contributed by atoms with Crippen LogP contribution in [0, 0.1) is 11.6 Å². The van der Waals surface area contributed by atoms with Crippen LogP contribution in [0.25, 0.3) is 44.2 Å². The molecule has 0 atom stereocenters. The first-order valence-electron chi connectivity index (χ1n) is 12.2. The summed E-state index contributed by atoms with van der Waals surface area (Å²) in [6.45, 7) is 3.74. The van der Waals surface area contributed by atoms with Crippen molar-refractivity contribution in [2.75, 3.05) is 0 Å². The van der Waals surface area contributed by atoms with Crippen molar-refractivity contribution in [1.29, 1.82) is 0 Å². The van der Waals surface area contributed by atoms with Crippen LogP contribution >= 0.6 is 0 Å². The quantitative estimate of drug-likeness (QED) is 0.156. The number of rotatable bonds is 6. The minimum atomic E-state index is -4.47. The smallest absolute Gasteiger partial charge is 0.206 e. The number of fused-ring (bicyclic) bond motifs is 1. The van der Waals surface area contributed by atoms with Crippen LogP contribution in [0.5, 0.6) is 0 Å². The van der Waals surface area contributed by atoms with Crippen LogP contribution in [0.1, 0.15) is 17.5 Å². The molecule has 0 unspecified atom stereocenters. The van der Waals surface area contributed by atoms with E-state index in [0.29, 0.717) is 33.2 Å². The van der Waals surface area contributed by atoms with E-state index in [1.807, 2.05) is 24.3 Å². The van der Waals surface area contributed by atoms with Crippen LogP contribution in [-0.2, 0) is 12.6 Å². The molecule has 190 valence electrons. The highest BCUT2D eigenvalue weighted by molar-refractivity contribution is 5.90. The van der Waals surface area contributed by atoms with E-state index >= 15 is 4.39 Å². The van der Waals surface area contributed by atoms with Crippen molar-refractivity contribution < 1.29 is 22.0 Å². The summed E-state index contributed by atoms with van der Waals surface area (Å²) in [6.07, 6.45) is -0.921. The van der Waals surface area contributed by atoms with Crippen molar-refractivity contribution in [3.05, 3.63) is 132 Å². The Bertz CT molecular complexity index is 1610. The van der Waals surface area contributed by atoms with Gasteiger partial charge in [0.05, 0.1) is 5.56 Å². The van der Waals surface area contributed by atoms with Crippen LogP contribution in [0.3, 0.4) is 0 Å². The van der Waals surface area contributed by atoms with Crippen molar-refractivity contribution in [2.45, 2.75) is 19.0 Å². The van der Waals surface area contributed by atoms with Crippen LogP contribution in [-0.4, -0.2) is 0 Å². The number of halogens is 5. The Balaban J connectivity index is 1.49. The van der Waals surface area contributed by atoms with Gasteiger partial charge >= 0.3 is 6.18 Å². The first-order chi connectivity index (χ1) is 18.3. The highest BCUT2D eigenvalue weighted by Crippen LogP contribution is 2.38. The van der Waals surface area contributed by atoms with Crippen molar-refractivity contribution in [2.24, 2.45) is 0 Å². The van der Waals surface area contributed by atoms with Gasteiger partial charge in [0, 0.05) is 16.5 Å². The Morgan fingerprint density at radius 2 is 1.34 bits per heavy atom. The first kappa shape index (κ1) is 25.4. The van der Waals surface area contributed by atoms with E-state index in [2.05, 4.69) is 6.58 Å². The number of hydrogen-bond donors (Lipinski definition) is 0. The maximum Gasteiger partial charge on any atom is 0.416 e. The zero-order chi connectivity index (χ0) is 26.9. The largest absolute Gasteiger partial charge is 0.416 e. The standard InChI is InChI=1S/C33H23F5/c1-2-3-5-21-8-18-29-25(20-21)15-19-28(32(29)35)23-11-9-22(10-12-23)27-6-4-7-30(34)31(27)24-13-16-26(17-14-24)33(36,37)38/h2,4,6-20H,1,3,5H2. The lowest BCUT2D eigenvalue weighted by molar-refractivity contribution is -0.137. The molecule has 5 rings (SSSR count). The summed E-state index contributed by atoms with van der Waals surface area (Å²) in [4.78, 5) is 0. The Morgan fingerprint density at radius 3 is 2.00 bits per heavy atom. The molecule has 0 saturated carbocycles. The van der Waals surface area contributed by atoms with Gasteiger partial charge in [-0.05, 0) is 64.2 Å². The molecule has 0 saturated heterocycles. The summed E-state index contributed by atoms with van der Waals surface area (Å²) in [7, 11) is 0. The van der Waals surface area contributed by atoms with E-state index in [1.165, 1.54) is 18.2 Å². The van der Waals surface area contributed by atoms with Crippen molar-refractivity contribution >= 4 is 10.8 Å². The van der Waals surface area contributed by atoms with Gasteiger partial charge in [0.1, 0.15) is 11.6 Å². The predicted octanol–water partition coefficient (Wildman–Crippen LogP) is 10.3. The lowest BCUT2D eigenvalue weighted by atomic mass is 9.92. The molecular formula is C33H23F5. The highest BCUT2D eigenvalue weighted by Gasteiger charge is 2.30. The molecule has 5 aromatic rings. The summed E-state index contributed by atoms with van der Waals surface area (Å²) in [5.74, 6) is -0.860. The van der Waals surface area contributed by atoms with Gasteiger partial charge in [-0.25, -0.2) is 8.78 Å². The number of alkyl halides is 3. The van der Waals surface area contributed by atoms with Crippen molar-refractivity contribution in [1.82, 2.24) is 0 Å². The van der Waals surface area contributed by atoms with E-state index < -0.39 is 17.6 Å². The number of hydrogen-bond acceptors (Lipinski definition) is 0. The predicted molar refractivity (Wildman–Crippen MR) is 144 cm³/mol. The number of benzene rings is 5. The van der Waals surface area contributed by atoms with Crippen LogP contribution in [0.4, 0.5) is 22.0 Å². The lowest BCUT2D eigenvalue weighted by Gasteiger charge is -2.14. The van der Waals surface area contributed by atoms with E-state index in [0.717, 1.165) is 35.9 Å².